The molecular formula is C34H44Cl2N4O7. The molecule has 3 atom stereocenters. The van der Waals surface area contributed by atoms with Gasteiger partial charge in [-0.2, -0.15) is 0 Å². The van der Waals surface area contributed by atoms with E-state index in [9.17, 15) is 19.2 Å². The van der Waals surface area contributed by atoms with E-state index >= 15 is 0 Å². The largest absolute Gasteiger partial charge is 0.462 e. The average molecular weight is 692 g/mol. The Kier molecular flexibility index (Phi) is 13.0. The van der Waals surface area contributed by atoms with Gasteiger partial charge in [-0.15, -0.1) is 23.2 Å². The summed E-state index contributed by atoms with van der Waals surface area (Å²) >= 11 is 11.3. The summed E-state index contributed by atoms with van der Waals surface area (Å²) in [4.78, 5) is 56.8. The fourth-order valence-corrected chi connectivity index (χ4v) is 5.71. The van der Waals surface area contributed by atoms with Crippen molar-refractivity contribution in [3.8, 4) is 0 Å². The van der Waals surface area contributed by atoms with Crippen molar-refractivity contribution in [1.82, 2.24) is 20.7 Å². The molecular weight excluding hydrogens is 647 g/mol. The van der Waals surface area contributed by atoms with Gasteiger partial charge in [0, 0.05) is 30.8 Å². The van der Waals surface area contributed by atoms with Gasteiger partial charge in [-0.05, 0) is 62.6 Å². The zero-order chi connectivity index (χ0) is 34.1. The normalized spacial score (nSPS) is 19.5. The second-order valence-corrected chi connectivity index (χ2v) is 13.6. The molecule has 3 heterocycles. The number of rotatable bonds is 12. The Labute approximate surface area is 285 Å². The Bertz CT molecular complexity index is 1460. The van der Waals surface area contributed by atoms with E-state index in [1.807, 2.05) is 42.5 Å². The molecule has 0 bridgehead atoms. The van der Waals surface area contributed by atoms with Crippen molar-refractivity contribution in [2.24, 2.45) is 11.3 Å². The Morgan fingerprint density at radius 2 is 1.87 bits per heavy atom. The monoisotopic (exact) mass is 690 g/mol. The molecule has 47 heavy (non-hydrogen) atoms. The fourth-order valence-electron chi connectivity index (χ4n) is 5.58. The maximum absolute atomic E-state index is 13.9. The second kappa shape index (κ2) is 16.7. The van der Waals surface area contributed by atoms with Crippen LogP contribution in [-0.4, -0.2) is 83.1 Å². The first-order valence-corrected chi connectivity index (χ1v) is 17.0. The first-order chi connectivity index (χ1) is 22.4. The topological polar surface area (TPSA) is 136 Å². The molecule has 0 aliphatic carbocycles. The predicted octanol–water partition coefficient (Wildman–Crippen LogP) is 4.52. The van der Waals surface area contributed by atoms with Crippen LogP contribution in [0, 0.1) is 11.3 Å². The van der Waals surface area contributed by atoms with Crippen LogP contribution in [0.15, 0.2) is 36.4 Å². The number of hydrazine groups is 1. The first kappa shape index (κ1) is 36.6. The van der Waals surface area contributed by atoms with E-state index in [0.717, 1.165) is 28.6 Å². The number of benzene rings is 1. The SMILES string of the molecule is CCc1ccc2ccc(/C=C/C3(C(=O)OC(C(=O)NC(C)C(=O)N4CCCC(C(=O)OCC(Cl)Cl)N4)C(C)C)CCOCC3)cc2n1. The summed E-state index contributed by atoms with van der Waals surface area (Å²) in [6.45, 7) is 8.07. The third-order valence-electron chi connectivity index (χ3n) is 8.44. The number of amides is 2. The molecule has 2 aliphatic heterocycles. The lowest BCUT2D eigenvalue weighted by Crippen LogP contribution is -2.60. The summed E-state index contributed by atoms with van der Waals surface area (Å²) in [6.07, 6.45) is 5.25. The number of carbonyl (C=O) groups is 4. The van der Waals surface area contributed by atoms with Gasteiger partial charge in [-0.1, -0.05) is 51.1 Å². The molecule has 1 aromatic carbocycles. The summed E-state index contributed by atoms with van der Waals surface area (Å²) in [6, 6.07) is 8.31. The zero-order valence-electron chi connectivity index (χ0n) is 27.3. The highest BCUT2D eigenvalue weighted by molar-refractivity contribution is 6.44. The van der Waals surface area contributed by atoms with Gasteiger partial charge in [0.1, 0.15) is 23.5 Å². The smallest absolute Gasteiger partial charge is 0.325 e. The van der Waals surface area contributed by atoms with Crippen LogP contribution in [-0.2, 0) is 39.8 Å². The van der Waals surface area contributed by atoms with Gasteiger partial charge in [-0.3, -0.25) is 29.2 Å². The van der Waals surface area contributed by atoms with E-state index in [0.29, 0.717) is 45.4 Å². The zero-order valence-corrected chi connectivity index (χ0v) is 28.8. The number of pyridine rings is 1. The second-order valence-electron chi connectivity index (χ2n) is 12.3. The van der Waals surface area contributed by atoms with Crippen molar-refractivity contribution in [2.75, 3.05) is 26.4 Å². The van der Waals surface area contributed by atoms with Crippen molar-refractivity contribution in [2.45, 2.75) is 82.8 Å². The van der Waals surface area contributed by atoms with Crippen LogP contribution in [0.25, 0.3) is 17.0 Å². The minimum Gasteiger partial charge on any atom is -0.462 e. The van der Waals surface area contributed by atoms with E-state index < -0.39 is 52.2 Å². The number of nitrogens with one attached hydrogen (secondary N) is 2. The summed E-state index contributed by atoms with van der Waals surface area (Å²) in [5.41, 5.74) is 4.65. The molecule has 2 saturated heterocycles. The molecule has 2 aliphatic rings. The van der Waals surface area contributed by atoms with Crippen LogP contribution in [0.2, 0.25) is 0 Å². The van der Waals surface area contributed by atoms with Crippen molar-refractivity contribution >= 4 is 63.9 Å². The lowest BCUT2D eigenvalue weighted by Gasteiger charge is -2.35. The lowest BCUT2D eigenvalue weighted by atomic mass is 9.79. The summed E-state index contributed by atoms with van der Waals surface area (Å²) in [5, 5.41) is 5.03. The number of halogens is 2. The highest BCUT2D eigenvalue weighted by atomic mass is 35.5. The Balaban J connectivity index is 1.42. The number of ether oxygens (including phenoxy) is 3. The summed E-state index contributed by atoms with van der Waals surface area (Å²) < 4.78 is 16.6. The van der Waals surface area contributed by atoms with Gasteiger partial charge in [0.25, 0.3) is 11.8 Å². The van der Waals surface area contributed by atoms with E-state index in [1.165, 1.54) is 5.01 Å². The molecule has 2 fully saturated rings. The standard InChI is InChI=1S/C34H44Cl2N4O7/c1-5-25-11-10-24-9-8-23(19-27(24)38-25)12-13-34(14-17-45-18-15-34)33(44)47-29(21(2)3)30(41)37-22(4)31(42)40-16-6-7-26(39-40)32(43)46-20-28(35)36/h8-13,19,21-22,26,28-29,39H,5-7,14-18,20H2,1-4H3,(H,37,41)/b13-12+. The molecule has 0 spiro atoms. The van der Waals surface area contributed by atoms with Gasteiger partial charge in [-0.25, -0.2) is 5.43 Å². The van der Waals surface area contributed by atoms with Crippen LogP contribution in [0.5, 0.6) is 0 Å². The van der Waals surface area contributed by atoms with Crippen LogP contribution < -0.4 is 10.7 Å². The number of esters is 2. The summed E-state index contributed by atoms with van der Waals surface area (Å²) in [5.74, 6) is -2.50. The molecule has 11 nitrogen and oxygen atoms in total. The highest BCUT2D eigenvalue weighted by Gasteiger charge is 2.42. The third kappa shape index (κ3) is 9.65. The maximum atomic E-state index is 13.9. The summed E-state index contributed by atoms with van der Waals surface area (Å²) in [7, 11) is 0. The van der Waals surface area contributed by atoms with Crippen molar-refractivity contribution in [3.63, 3.8) is 0 Å². The molecule has 2 amide bonds. The van der Waals surface area contributed by atoms with Gasteiger partial charge < -0.3 is 19.5 Å². The molecule has 1 aromatic heterocycles. The molecule has 2 aromatic rings. The number of alkyl halides is 2. The minimum atomic E-state index is -1.14. The minimum absolute atomic E-state index is 0.166. The first-order valence-electron chi connectivity index (χ1n) is 16.1. The van der Waals surface area contributed by atoms with E-state index in [4.69, 9.17) is 42.4 Å². The van der Waals surface area contributed by atoms with Crippen LogP contribution in [0.4, 0.5) is 0 Å². The highest BCUT2D eigenvalue weighted by Crippen LogP contribution is 2.35. The molecule has 3 unspecified atom stereocenters. The maximum Gasteiger partial charge on any atom is 0.325 e. The lowest BCUT2D eigenvalue weighted by molar-refractivity contribution is -0.170. The fraction of sp³-hybridized carbons (Fsp3) is 0.559. The Hall–Kier alpha value is -3.25. The third-order valence-corrected chi connectivity index (χ3v) is 8.69. The van der Waals surface area contributed by atoms with Crippen molar-refractivity contribution in [1.29, 1.82) is 0 Å². The van der Waals surface area contributed by atoms with Gasteiger partial charge in [0.2, 0.25) is 0 Å². The molecule has 4 rings (SSSR count). The molecule has 0 radical (unpaired) electrons. The number of hydrogen-bond acceptors (Lipinski definition) is 9. The van der Waals surface area contributed by atoms with Crippen molar-refractivity contribution in [3.05, 3.63) is 47.7 Å². The molecule has 13 heteroatoms. The van der Waals surface area contributed by atoms with E-state index in [-0.39, 0.29) is 12.5 Å². The Morgan fingerprint density at radius 1 is 1.15 bits per heavy atom. The van der Waals surface area contributed by atoms with E-state index in [2.05, 4.69) is 17.7 Å². The van der Waals surface area contributed by atoms with Crippen LogP contribution in [0.1, 0.15) is 64.6 Å². The molecule has 256 valence electrons. The number of nitrogens with zero attached hydrogens (tertiary/aromatic N) is 2. The quantitative estimate of drug-likeness (QED) is 0.243. The number of fused-ring (bicyclic) bond motifs is 1. The van der Waals surface area contributed by atoms with E-state index in [1.54, 1.807) is 20.8 Å². The van der Waals surface area contributed by atoms with Gasteiger partial charge in [0.15, 0.2) is 6.10 Å². The van der Waals surface area contributed by atoms with Gasteiger partial charge >= 0.3 is 11.9 Å². The average Bonchev–Trinajstić information content (AvgIpc) is 3.07. The molecule has 0 saturated carbocycles. The van der Waals surface area contributed by atoms with Gasteiger partial charge in [0.05, 0.1) is 10.9 Å². The number of aryl methyl sites for hydroxylation is 1. The number of aromatic nitrogens is 1. The van der Waals surface area contributed by atoms with Crippen LogP contribution >= 0.6 is 23.2 Å². The van der Waals surface area contributed by atoms with Crippen LogP contribution in [0.3, 0.4) is 0 Å². The Morgan fingerprint density at radius 3 is 2.55 bits per heavy atom. The van der Waals surface area contributed by atoms with Crippen molar-refractivity contribution < 1.29 is 33.4 Å². The number of carbonyl (C=O) groups excluding carboxylic acids is 4. The predicted molar refractivity (Wildman–Crippen MR) is 179 cm³/mol. The molecule has 2 N–H and O–H groups in total. The number of hydrogen-bond donors (Lipinski definition) is 2.